The molecule has 1 unspecified atom stereocenters. The molecule has 1 heterocycles. The van der Waals surface area contributed by atoms with Gasteiger partial charge in [0.25, 0.3) is 0 Å². The summed E-state index contributed by atoms with van der Waals surface area (Å²) in [6.45, 7) is 7.08. The van der Waals surface area contributed by atoms with E-state index in [4.69, 9.17) is 5.73 Å². The smallest absolute Gasteiger partial charge is 0.0971 e. The third kappa shape index (κ3) is 1.84. The Morgan fingerprint density at radius 2 is 2.25 bits per heavy atom. The van der Waals surface area contributed by atoms with Gasteiger partial charge in [-0.15, -0.1) is 11.3 Å². The zero-order valence-electron chi connectivity index (χ0n) is 7.92. The summed E-state index contributed by atoms with van der Waals surface area (Å²) in [5.74, 6) is 0.411. The molecule has 1 aromatic rings. The summed E-state index contributed by atoms with van der Waals surface area (Å²) in [5, 5.41) is 1.19. The molecule has 0 amide bonds. The van der Waals surface area contributed by atoms with E-state index < -0.39 is 0 Å². The van der Waals surface area contributed by atoms with E-state index in [0.29, 0.717) is 12.5 Å². The molecule has 0 aliphatic carbocycles. The summed E-state index contributed by atoms with van der Waals surface area (Å²) < 4.78 is 0. The lowest BCUT2D eigenvalue weighted by atomic mass is 10.2. The van der Waals surface area contributed by atoms with Gasteiger partial charge in [0.15, 0.2) is 0 Å². The van der Waals surface area contributed by atoms with Crippen LogP contribution in [0.15, 0.2) is 0 Å². The van der Waals surface area contributed by atoms with Crippen LogP contribution in [-0.4, -0.2) is 11.5 Å². The van der Waals surface area contributed by atoms with Gasteiger partial charge in [0.1, 0.15) is 0 Å². The zero-order valence-corrected chi connectivity index (χ0v) is 8.74. The monoisotopic (exact) mass is 184 g/mol. The van der Waals surface area contributed by atoms with Crippen LogP contribution in [0.1, 0.15) is 35.3 Å². The Labute approximate surface area is 77.8 Å². The molecule has 68 valence electrons. The van der Waals surface area contributed by atoms with E-state index in [-0.39, 0.29) is 0 Å². The molecule has 0 aromatic carbocycles. The first kappa shape index (κ1) is 9.68. The van der Waals surface area contributed by atoms with Gasteiger partial charge in [-0.2, -0.15) is 0 Å². The number of thiazole rings is 1. The average molecular weight is 184 g/mol. The van der Waals surface area contributed by atoms with Crippen LogP contribution in [0, 0.1) is 6.92 Å². The summed E-state index contributed by atoms with van der Waals surface area (Å²) in [7, 11) is 0. The van der Waals surface area contributed by atoms with Gasteiger partial charge in [-0.1, -0.05) is 13.8 Å². The largest absolute Gasteiger partial charge is 0.330 e. The maximum atomic E-state index is 5.57. The van der Waals surface area contributed by atoms with Gasteiger partial charge >= 0.3 is 0 Å². The zero-order chi connectivity index (χ0) is 9.14. The number of aryl methyl sites for hydroxylation is 2. The Bertz CT molecular complexity index is 255. The van der Waals surface area contributed by atoms with Crippen molar-refractivity contribution in [2.45, 2.75) is 33.1 Å². The third-order valence-electron chi connectivity index (χ3n) is 2.02. The molecule has 3 heteroatoms. The first-order valence-corrected chi connectivity index (χ1v) is 5.17. The van der Waals surface area contributed by atoms with Gasteiger partial charge in [0.05, 0.1) is 10.7 Å². The van der Waals surface area contributed by atoms with Crippen LogP contribution in [0.3, 0.4) is 0 Å². The quantitative estimate of drug-likeness (QED) is 0.781. The number of rotatable bonds is 3. The van der Waals surface area contributed by atoms with E-state index in [0.717, 1.165) is 6.42 Å². The maximum absolute atomic E-state index is 5.57. The molecule has 0 aliphatic rings. The summed E-state index contributed by atoms with van der Waals surface area (Å²) in [6, 6.07) is 0. The fourth-order valence-corrected chi connectivity index (χ4v) is 2.16. The van der Waals surface area contributed by atoms with Gasteiger partial charge in [-0.3, -0.25) is 0 Å². The van der Waals surface area contributed by atoms with Crippen molar-refractivity contribution in [3.05, 3.63) is 15.6 Å². The number of hydrogen-bond donors (Lipinski definition) is 1. The normalized spacial score (nSPS) is 13.3. The third-order valence-corrected chi connectivity index (χ3v) is 3.26. The van der Waals surface area contributed by atoms with Crippen LogP contribution in [0.4, 0.5) is 0 Å². The first-order valence-electron chi connectivity index (χ1n) is 4.35. The molecular weight excluding hydrogens is 168 g/mol. The second-order valence-electron chi connectivity index (χ2n) is 3.05. The van der Waals surface area contributed by atoms with Crippen molar-refractivity contribution in [2.24, 2.45) is 5.73 Å². The van der Waals surface area contributed by atoms with Gasteiger partial charge in [0.2, 0.25) is 0 Å². The van der Waals surface area contributed by atoms with E-state index in [2.05, 4.69) is 25.8 Å². The number of nitrogens with two attached hydrogens (primary N) is 1. The minimum Gasteiger partial charge on any atom is -0.330 e. The van der Waals surface area contributed by atoms with Gasteiger partial charge in [-0.25, -0.2) is 4.98 Å². The Balaban J connectivity index is 2.88. The van der Waals surface area contributed by atoms with Crippen LogP contribution < -0.4 is 5.73 Å². The van der Waals surface area contributed by atoms with Crippen LogP contribution in [0.2, 0.25) is 0 Å². The van der Waals surface area contributed by atoms with Crippen molar-refractivity contribution in [1.29, 1.82) is 0 Å². The molecule has 0 fully saturated rings. The first-order chi connectivity index (χ1) is 5.69. The van der Waals surface area contributed by atoms with E-state index in [1.807, 2.05) is 0 Å². The lowest BCUT2D eigenvalue weighted by Crippen LogP contribution is -2.08. The predicted octanol–water partition coefficient (Wildman–Crippen LogP) is 2.08. The van der Waals surface area contributed by atoms with Gasteiger partial charge in [0, 0.05) is 17.3 Å². The Morgan fingerprint density at radius 3 is 2.67 bits per heavy atom. The summed E-state index contributed by atoms with van der Waals surface area (Å²) in [4.78, 5) is 5.88. The predicted molar refractivity (Wildman–Crippen MR) is 53.7 cm³/mol. The Kier molecular flexibility index (Phi) is 3.23. The van der Waals surface area contributed by atoms with Crippen molar-refractivity contribution in [2.75, 3.05) is 6.54 Å². The molecule has 0 saturated heterocycles. The second-order valence-corrected chi connectivity index (χ2v) is 4.28. The van der Waals surface area contributed by atoms with Crippen LogP contribution >= 0.6 is 11.3 Å². The maximum Gasteiger partial charge on any atom is 0.0971 e. The fourth-order valence-electron chi connectivity index (χ4n) is 1.09. The molecule has 12 heavy (non-hydrogen) atoms. The number of aromatic nitrogens is 1. The summed E-state index contributed by atoms with van der Waals surface area (Å²) >= 11 is 1.78. The highest BCUT2D eigenvalue weighted by molar-refractivity contribution is 7.11. The SMILES string of the molecule is CCc1nc(C(C)CN)sc1C. The molecular formula is C9H16N2S. The average Bonchev–Trinajstić information content (AvgIpc) is 2.45. The van der Waals surface area contributed by atoms with E-state index >= 15 is 0 Å². The summed E-state index contributed by atoms with van der Waals surface area (Å²) in [6.07, 6.45) is 1.03. The van der Waals surface area contributed by atoms with E-state index in [1.165, 1.54) is 15.6 Å². The molecule has 0 saturated carbocycles. The topological polar surface area (TPSA) is 38.9 Å². The lowest BCUT2D eigenvalue weighted by molar-refractivity contribution is 0.760. The minimum absolute atomic E-state index is 0.411. The Morgan fingerprint density at radius 1 is 1.58 bits per heavy atom. The molecule has 1 atom stereocenters. The van der Waals surface area contributed by atoms with Crippen molar-refractivity contribution in [3.8, 4) is 0 Å². The second kappa shape index (κ2) is 4.01. The number of hydrogen-bond acceptors (Lipinski definition) is 3. The van der Waals surface area contributed by atoms with Crippen LogP contribution in [0.25, 0.3) is 0 Å². The van der Waals surface area contributed by atoms with E-state index in [1.54, 1.807) is 11.3 Å². The molecule has 1 aromatic heterocycles. The fraction of sp³-hybridized carbons (Fsp3) is 0.667. The highest BCUT2D eigenvalue weighted by Gasteiger charge is 2.10. The van der Waals surface area contributed by atoms with Crippen molar-refractivity contribution >= 4 is 11.3 Å². The van der Waals surface area contributed by atoms with Crippen LogP contribution in [0.5, 0.6) is 0 Å². The lowest BCUT2D eigenvalue weighted by Gasteiger charge is -2.01. The minimum atomic E-state index is 0.411. The van der Waals surface area contributed by atoms with Crippen molar-refractivity contribution < 1.29 is 0 Å². The van der Waals surface area contributed by atoms with Gasteiger partial charge < -0.3 is 5.73 Å². The molecule has 2 N–H and O–H groups in total. The van der Waals surface area contributed by atoms with Crippen molar-refractivity contribution in [1.82, 2.24) is 4.98 Å². The standard InChI is InChI=1S/C9H16N2S/c1-4-8-7(3)12-9(11-8)6(2)5-10/h6H,4-5,10H2,1-3H3. The van der Waals surface area contributed by atoms with E-state index in [9.17, 15) is 0 Å². The van der Waals surface area contributed by atoms with Gasteiger partial charge in [-0.05, 0) is 13.3 Å². The van der Waals surface area contributed by atoms with Crippen molar-refractivity contribution in [3.63, 3.8) is 0 Å². The molecule has 0 bridgehead atoms. The summed E-state index contributed by atoms with van der Waals surface area (Å²) in [5.41, 5.74) is 6.80. The number of nitrogens with zero attached hydrogens (tertiary/aromatic N) is 1. The molecule has 1 rings (SSSR count). The molecule has 0 aliphatic heterocycles. The molecule has 0 radical (unpaired) electrons. The van der Waals surface area contributed by atoms with Crippen LogP contribution in [-0.2, 0) is 6.42 Å². The Hall–Kier alpha value is -0.410. The highest BCUT2D eigenvalue weighted by Crippen LogP contribution is 2.23. The highest BCUT2D eigenvalue weighted by atomic mass is 32.1. The molecule has 0 spiro atoms. The molecule has 2 nitrogen and oxygen atoms in total.